The van der Waals surface area contributed by atoms with E-state index >= 15 is 0 Å². The van der Waals surface area contributed by atoms with E-state index in [1.165, 1.54) is 19.3 Å². The average molecular weight is 178 g/mol. The molecule has 1 saturated carbocycles. The lowest BCUT2D eigenvalue weighted by molar-refractivity contribution is -0.117. The third-order valence-corrected chi connectivity index (χ3v) is 3.39. The number of allylic oxidation sites excluding steroid dienone is 2. The van der Waals surface area contributed by atoms with Gasteiger partial charge < -0.3 is 0 Å². The fourth-order valence-corrected chi connectivity index (χ4v) is 2.32. The van der Waals surface area contributed by atoms with E-state index in [2.05, 4.69) is 13.0 Å². The fourth-order valence-electron chi connectivity index (χ4n) is 2.32. The summed E-state index contributed by atoms with van der Waals surface area (Å²) >= 11 is 0. The van der Waals surface area contributed by atoms with Gasteiger partial charge in [0.15, 0.2) is 5.78 Å². The molecule has 0 saturated heterocycles. The Morgan fingerprint density at radius 2 is 2.38 bits per heavy atom. The van der Waals surface area contributed by atoms with Crippen LogP contribution in [-0.4, -0.2) is 5.78 Å². The summed E-state index contributed by atoms with van der Waals surface area (Å²) in [6, 6.07) is 0. The second-order valence-electron chi connectivity index (χ2n) is 4.35. The lowest BCUT2D eigenvalue weighted by Crippen LogP contribution is -2.08. The zero-order valence-electron chi connectivity index (χ0n) is 8.38. The average Bonchev–Trinajstić information content (AvgIpc) is 2.97. The molecule has 0 aromatic carbocycles. The van der Waals surface area contributed by atoms with Crippen molar-refractivity contribution in [3.63, 3.8) is 0 Å². The van der Waals surface area contributed by atoms with Gasteiger partial charge in [-0.3, -0.25) is 4.79 Å². The standard InChI is InChI=1S/C12H18O/c1-2-9-8-11(9)12(13)10-6-4-3-5-7-10/h6,9,11H,2-5,7-8H2,1H3/t9-,11-/m1/s1. The zero-order chi connectivity index (χ0) is 9.26. The van der Waals surface area contributed by atoms with E-state index in [4.69, 9.17) is 0 Å². The van der Waals surface area contributed by atoms with E-state index in [9.17, 15) is 4.79 Å². The van der Waals surface area contributed by atoms with Gasteiger partial charge in [-0.25, -0.2) is 0 Å². The lowest BCUT2D eigenvalue weighted by atomic mass is 9.94. The number of hydrogen-bond donors (Lipinski definition) is 0. The summed E-state index contributed by atoms with van der Waals surface area (Å²) in [4.78, 5) is 11.9. The van der Waals surface area contributed by atoms with Crippen LogP contribution in [0.15, 0.2) is 11.6 Å². The van der Waals surface area contributed by atoms with Crippen LogP contribution in [0.25, 0.3) is 0 Å². The maximum atomic E-state index is 11.9. The van der Waals surface area contributed by atoms with E-state index in [0.717, 1.165) is 30.8 Å². The Bertz CT molecular complexity index is 240. The summed E-state index contributed by atoms with van der Waals surface area (Å²) in [6.45, 7) is 2.19. The van der Waals surface area contributed by atoms with Crippen molar-refractivity contribution in [3.05, 3.63) is 11.6 Å². The van der Waals surface area contributed by atoms with Crippen molar-refractivity contribution >= 4 is 5.78 Å². The van der Waals surface area contributed by atoms with Gasteiger partial charge in [-0.1, -0.05) is 19.4 Å². The Labute approximate surface area is 80.2 Å². The lowest BCUT2D eigenvalue weighted by Gasteiger charge is -2.10. The van der Waals surface area contributed by atoms with Crippen molar-refractivity contribution in [2.75, 3.05) is 0 Å². The number of rotatable bonds is 3. The molecule has 0 spiro atoms. The van der Waals surface area contributed by atoms with E-state index < -0.39 is 0 Å². The van der Waals surface area contributed by atoms with Crippen LogP contribution in [0, 0.1) is 11.8 Å². The van der Waals surface area contributed by atoms with Crippen molar-refractivity contribution in [2.45, 2.75) is 45.4 Å². The minimum absolute atomic E-state index is 0.411. The Morgan fingerprint density at radius 1 is 1.54 bits per heavy atom. The van der Waals surface area contributed by atoms with Crippen LogP contribution >= 0.6 is 0 Å². The van der Waals surface area contributed by atoms with Gasteiger partial charge in [0.1, 0.15) is 0 Å². The van der Waals surface area contributed by atoms with Crippen LogP contribution in [0.4, 0.5) is 0 Å². The number of carbonyl (C=O) groups is 1. The van der Waals surface area contributed by atoms with Gasteiger partial charge in [-0.15, -0.1) is 0 Å². The van der Waals surface area contributed by atoms with E-state index in [-0.39, 0.29) is 0 Å². The van der Waals surface area contributed by atoms with Crippen molar-refractivity contribution < 1.29 is 4.79 Å². The molecule has 1 nitrogen and oxygen atoms in total. The Hall–Kier alpha value is -0.590. The van der Waals surface area contributed by atoms with Crippen molar-refractivity contribution in [2.24, 2.45) is 11.8 Å². The molecular weight excluding hydrogens is 160 g/mol. The molecule has 0 aromatic rings. The van der Waals surface area contributed by atoms with Crippen molar-refractivity contribution in [3.8, 4) is 0 Å². The molecule has 1 fully saturated rings. The summed E-state index contributed by atoms with van der Waals surface area (Å²) in [5, 5.41) is 0. The maximum absolute atomic E-state index is 11.9. The molecular formula is C12H18O. The second kappa shape index (κ2) is 3.65. The first-order valence-electron chi connectivity index (χ1n) is 5.56. The van der Waals surface area contributed by atoms with Gasteiger partial charge in [-0.05, 0) is 43.6 Å². The highest BCUT2D eigenvalue weighted by Crippen LogP contribution is 2.44. The van der Waals surface area contributed by atoms with Crippen LogP contribution in [0.5, 0.6) is 0 Å². The molecule has 2 atom stereocenters. The molecule has 0 amide bonds. The molecule has 0 aromatic heterocycles. The Morgan fingerprint density at radius 3 is 2.92 bits per heavy atom. The molecule has 72 valence electrons. The molecule has 1 heteroatoms. The first-order valence-corrected chi connectivity index (χ1v) is 5.56. The number of hydrogen-bond acceptors (Lipinski definition) is 1. The predicted octanol–water partition coefficient (Wildman–Crippen LogP) is 3.10. The SMILES string of the molecule is CC[C@@H]1C[C@H]1C(=O)C1=CCCCC1. The second-order valence-corrected chi connectivity index (χ2v) is 4.35. The molecule has 2 aliphatic carbocycles. The number of Topliss-reactive ketones (excluding diaryl/α,β-unsaturated/α-hetero) is 1. The van der Waals surface area contributed by atoms with E-state index in [1.807, 2.05) is 0 Å². The minimum Gasteiger partial charge on any atom is -0.294 e. The smallest absolute Gasteiger partial charge is 0.161 e. The summed E-state index contributed by atoms with van der Waals surface area (Å²) in [5.41, 5.74) is 1.15. The Kier molecular flexibility index (Phi) is 2.52. The molecule has 0 unspecified atom stereocenters. The van der Waals surface area contributed by atoms with E-state index in [1.54, 1.807) is 0 Å². The van der Waals surface area contributed by atoms with Crippen molar-refractivity contribution in [1.29, 1.82) is 0 Å². The molecule has 0 N–H and O–H groups in total. The van der Waals surface area contributed by atoms with Gasteiger partial charge in [0.2, 0.25) is 0 Å². The third-order valence-electron chi connectivity index (χ3n) is 3.39. The molecule has 0 heterocycles. The number of carbonyl (C=O) groups excluding carboxylic acids is 1. The van der Waals surface area contributed by atoms with Crippen LogP contribution < -0.4 is 0 Å². The monoisotopic (exact) mass is 178 g/mol. The maximum Gasteiger partial charge on any atom is 0.161 e. The minimum atomic E-state index is 0.411. The highest BCUT2D eigenvalue weighted by Gasteiger charge is 2.41. The highest BCUT2D eigenvalue weighted by atomic mass is 16.1. The van der Waals surface area contributed by atoms with Gasteiger partial charge in [0, 0.05) is 5.92 Å². The van der Waals surface area contributed by atoms with Crippen LogP contribution in [0.1, 0.15) is 45.4 Å². The zero-order valence-corrected chi connectivity index (χ0v) is 8.38. The number of ketones is 1. The fraction of sp³-hybridized carbons (Fsp3) is 0.750. The predicted molar refractivity (Wildman–Crippen MR) is 53.4 cm³/mol. The molecule has 0 bridgehead atoms. The molecule has 2 rings (SSSR count). The Balaban J connectivity index is 1.94. The van der Waals surface area contributed by atoms with Crippen LogP contribution in [0.3, 0.4) is 0 Å². The van der Waals surface area contributed by atoms with Crippen LogP contribution in [-0.2, 0) is 4.79 Å². The topological polar surface area (TPSA) is 17.1 Å². The largest absolute Gasteiger partial charge is 0.294 e. The first-order chi connectivity index (χ1) is 6.33. The van der Waals surface area contributed by atoms with Gasteiger partial charge in [0.25, 0.3) is 0 Å². The van der Waals surface area contributed by atoms with Gasteiger partial charge in [-0.2, -0.15) is 0 Å². The summed E-state index contributed by atoms with van der Waals surface area (Å²) in [7, 11) is 0. The molecule has 0 radical (unpaired) electrons. The molecule has 13 heavy (non-hydrogen) atoms. The van der Waals surface area contributed by atoms with Gasteiger partial charge >= 0.3 is 0 Å². The third kappa shape index (κ3) is 1.84. The van der Waals surface area contributed by atoms with Gasteiger partial charge in [0.05, 0.1) is 0 Å². The van der Waals surface area contributed by atoms with Crippen LogP contribution in [0.2, 0.25) is 0 Å². The normalized spacial score (nSPS) is 32.5. The molecule has 2 aliphatic rings. The molecule has 0 aliphatic heterocycles. The first kappa shape index (κ1) is 8.98. The van der Waals surface area contributed by atoms with Crippen molar-refractivity contribution in [1.82, 2.24) is 0 Å². The summed E-state index contributed by atoms with van der Waals surface area (Å²) in [6.07, 6.45) is 9.20. The van der Waals surface area contributed by atoms with E-state index in [0.29, 0.717) is 11.7 Å². The summed E-state index contributed by atoms with van der Waals surface area (Å²) < 4.78 is 0. The quantitative estimate of drug-likeness (QED) is 0.649. The highest BCUT2D eigenvalue weighted by molar-refractivity contribution is 5.99. The summed E-state index contributed by atoms with van der Waals surface area (Å²) in [5.74, 6) is 1.61.